The minimum Gasteiger partial charge on any atom is -0.326 e. The van der Waals surface area contributed by atoms with E-state index in [1.807, 2.05) is 30.3 Å². The average molecular weight is 334 g/mol. The lowest BCUT2D eigenvalue weighted by molar-refractivity contribution is 0.463. The van der Waals surface area contributed by atoms with Crippen molar-refractivity contribution >= 4 is 10.0 Å². The van der Waals surface area contributed by atoms with Crippen LogP contribution in [0.1, 0.15) is 17.0 Å². The first-order valence-electron chi connectivity index (χ1n) is 7.46. The fourth-order valence-corrected chi connectivity index (χ4v) is 4.54. The maximum absolute atomic E-state index is 14.1. The number of nitrogens with zero attached hydrogens (tertiary/aromatic N) is 1. The second-order valence-corrected chi connectivity index (χ2v) is 7.84. The van der Waals surface area contributed by atoms with Gasteiger partial charge in [-0.15, -0.1) is 0 Å². The maximum atomic E-state index is 14.1. The lowest BCUT2D eigenvalue weighted by atomic mass is 9.95. The van der Waals surface area contributed by atoms with Gasteiger partial charge in [0.25, 0.3) is 0 Å². The van der Waals surface area contributed by atoms with Crippen molar-refractivity contribution in [2.45, 2.75) is 23.8 Å². The Balaban J connectivity index is 1.90. The van der Waals surface area contributed by atoms with Crippen LogP contribution < -0.4 is 5.73 Å². The Kier molecular flexibility index (Phi) is 4.23. The molecule has 1 saturated heterocycles. The highest BCUT2D eigenvalue weighted by Gasteiger charge is 2.39. The van der Waals surface area contributed by atoms with E-state index >= 15 is 0 Å². The van der Waals surface area contributed by atoms with E-state index in [2.05, 4.69) is 0 Å². The molecule has 1 heterocycles. The number of rotatable bonds is 3. The molecule has 2 N–H and O–H groups in total. The first kappa shape index (κ1) is 16.1. The summed E-state index contributed by atoms with van der Waals surface area (Å²) in [6, 6.07) is 13.4. The van der Waals surface area contributed by atoms with Crippen molar-refractivity contribution in [1.82, 2.24) is 4.31 Å². The van der Waals surface area contributed by atoms with Crippen LogP contribution in [-0.2, 0) is 10.0 Å². The van der Waals surface area contributed by atoms with Crippen molar-refractivity contribution in [2.24, 2.45) is 5.73 Å². The van der Waals surface area contributed by atoms with Crippen molar-refractivity contribution in [3.05, 3.63) is 65.5 Å². The molecule has 6 heteroatoms. The Morgan fingerprint density at radius 3 is 2.48 bits per heavy atom. The van der Waals surface area contributed by atoms with Crippen LogP contribution in [0.5, 0.6) is 0 Å². The Morgan fingerprint density at radius 1 is 1.13 bits per heavy atom. The molecule has 0 unspecified atom stereocenters. The van der Waals surface area contributed by atoms with E-state index in [4.69, 9.17) is 5.73 Å². The molecule has 4 nitrogen and oxygen atoms in total. The van der Waals surface area contributed by atoms with Crippen LogP contribution in [0.3, 0.4) is 0 Å². The standard InChI is InChI=1S/C17H19FN2O2S/c1-12-7-8-17(15(18)9-12)23(21,22)20-10-14(16(19)11-20)13-5-3-2-4-6-13/h2-9,14,16H,10-11,19H2,1H3/t14-,16+/m0/s1. The van der Waals surface area contributed by atoms with Gasteiger partial charge in [0.2, 0.25) is 10.0 Å². The number of benzene rings is 2. The lowest BCUT2D eigenvalue weighted by Gasteiger charge is -2.17. The van der Waals surface area contributed by atoms with Gasteiger partial charge in [-0.25, -0.2) is 12.8 Å². The minimum atomic E-state index is -3.88. The minimum absolute atomic E-state index is 0.0838. The van der Waals surface area contributed by atoms with Crippen LogP contribution in [0, 0.1) is 12.7 Å². The summed E-state index contributed by atoms with van der Waals surface area (Å²) in [5.41, 5.74) is 7.82. The summed E-state index contributed by atoms with van der Waals surface area (Å²) in [4.78, 5) is -0.288. The Labute approximate surface area is 135 Å². The van der Waals surface area contributed by atoms with Gasteiger partial charge in [0.1, 0.15) is 10.7 Å². The van der Waals surface area contributed by atoms with Gasteiger partial charge in [-0.05, 0) is 30.2 Å². The summed E-state index contributed by atoms with van der Waals surface area (Å²) in [6.45, 7) is 2.17. The number of nitrogens with two attached hydrogens (primary N) is 1. The van der Waals surface area contributed by atoms with E-state index < -0.39 is 15.8 Å². The molecule has 1 aliphatic rings. The van der Waals surface area contributed by atoms with Crippen molar-refractivity contribution in [3.63, 3.8) is 0 Å². The van der Waals surface area contributed by atoms with E-state index in [1.54, 1.807) is 13.0 Å². The zero-order valence-electron chi connectivity index (χ0n) is 12.8. The van der Waals surface area contributed by atoms with Crippen molar-refractivity contribution in [1.29, 1.82) is 0 Å². The number of hydrogen-bond donors (Lipinski definition) is 1. The van der Waals surface area contributed by atoms with Gasteiger partial charge in [-0.2, -0.15) is 4.31 Å². The van der Waals surface area contributed by atoms with Gasteiger partial charge in [0.15, 0.2) is 0 Å². The SMILES string of the molecule is Cc1ccc(S(=O)(=O)N2C[C@@H](N)[C@H](c3ccccc3)C2)c(F)c1. The monoisotopic (exact) mass is 334 g/mol. The molecular weight excluding hydrogens is 315 g/mol. The highest BCUT2D eigenvalue weighted by atomic mass is 32.2. The average Bonchev–Trinajstić information content (AvgIpc) is 2.90. The fourth-order valence-electron chi connectivity index (χ4n) is 2.99. The zero-order chi connectivity index (χ0) is 16.6. The molecule has 0 aliphatic carbocycles. The lowest BCUT2D eigenvalue weighted by Crippen LogP contribution is -2.32. The quantitative estimate of drug-likeness (QED) is 0.936. The number of halogens is 1. The van der Waals surface area contributed by atoms with Crippen LogP contribution in [0.15, 0.2) is 53.4 Å². The first-order chi connectivity index (χ1) is 10.9. The highest BCUT2D eigenvalue weighted by molar-refractivity contribution is 7.89. The molecule has 0 aromatic heterocycles. The van der Waals surface area contributed by atoms with Crippen LogP contribution in [-0.4, -0.2) is 31.9 Å². The van der Waals surface area contributed by atoms with Crippen molar-refractivity contribution in [2.75, 3.05) is 13.1 Å². The molecule has 23 heavy (non-hydrogen) atoms. The normalized spacial score (nSPS) is 22.4. The van der Waals surface area contributed by atoms with Crippen molar-refractivity contribution < 1.29 is 12.8 Å². The largest absolute Gasteiger partial charge is 0.326 e. The Bertz CT molecular complexity index is 809. The number of hydrogen-bond acceptors (Lipinski definition) is 3. The van der Waals surface area contributed by atoms with Crippen LogP contribution >= 0.6 is 0 Å². The van der Waals surface area contributed by atoms with Crippen molar-refractivity contribution in [3.8, 4) is 0 Å². The van der Waals surface area contributed by atoms with Gasteiger partial charge in [0.05, 0.1) is 0 Å². The van der Waals surface area contributed by atoms with Crippen LogP contribution in [0.4, 0.5) is 4.39 Å². The van der Waals surface area contributed by atoms with E-state index in [-0.39, 0.29) is 29.9 Å². The first-order valence-corrected chi connectivity index (χ1v) is 8.90. The highest BCUT2D eigenvalue weighted by Crippen LogP contribution is 2.31. The second-order valence-electron chi connectivity index (χ2n) is 5.94. The van der Waals surface area contributed by atoms with Gasteiger partial charge in [0, 0.05) is 25.0 Å². The summed E-state index contributed by atoms with van der Waals surface area (Å²) >= 11 is 0. The summed E-state index contributed by atoms with van der Waals surface area (Å²) in [6.07, 6.45) is 0. The molecule has 0 spiro atoms. The summed E-state index contributed by atoms with van der Waals surface area (Å²) in [7, 11) is -3.88. The van der Waals surface area contributed by atoms with E-state index in [9.17, 15) is 12.8 Å². The predicted molar refractivity (Wildman–Crippen MR) is 87.1 cm³/mol. The molecule has 0 radical (unpaired) electrons. The smallest absolute Gasteiger partial charge is 0.246 e. The number of sulfonamides is 1. The van der Waals surface area contributed by atoms with Gasteiger partial charge in [-0.1, -0.05) is 36.4 Å². The maximum Gasteiger partial charge on any atom is 0.246 e. The third-order valence-corrected chi connectivity index (χ3v) is 6.13. The molecule has 1 aliphatic heterocycles. The Hall–Kier alpha value is -1.76. The topological polar surface area (TPSA) is 63.4 Å². The number of aryl methyl sites for hydroxylation is 1. The van der Waals surface area contributed by atoms with E-state index in [1.165, 1.54) is 16.4 Å². The molecule has 3 rings (SSSR count). The Morgan fingerprint density at radius 2 is 1.83 bits per heavy atom. The van der Waals surface area contributed by atoms with E-state index in [0.29, 0.717) is 5.56 Å². The van der Waals surface area contributed by atoms with Crippen LogP contribution in [0.2, 0.25) is 0 Å². The summed E-state index contributed by atoms with van der Waals surface area (Å²) in [5.74, 6) is -0.804. The second kappa shape index (κ2) is 6.03. The third kappa shape index (κ3) is 3.02. The molecule has 2 aromatic rings. The predicted octanol–water partition coefficient (Wildman–Crippen LogP) is 2.25. The van der Waals surface area contributed by atoms with Gasteiger partial charge >= 0.3 is 0 Å². The molecule has 0 bridgehead atoms. The summed E-state index contributed by atoms with van der Waals surface area (Å²) < 4.78 is 40.8. The van der Waals surface area contributed by atoms with Crippen LogP contribution in [0.25, 0.3) is 0 Å². The molecule has 122 valence electrons. The molecule has 0 saturated carbocycles. The van der Waals surface area contributed by atoms with Gasteiger partial charge < -0.3 is 5.73 Å². The van der Waals surface area contributed by atoms with Gasteiger partial charge in [-0.3, -0.25) is 0 Å². The molecular formula is C17H19FN2O2S. The molecule has 2 atom stereocenters. The molecule has 1 fully saturated rings. The zero-order valence-corrected chi connectivity index (χ0v) is 13.6. The molecule has 0 amide bonds. The van der Waals surface area contributed by atoms with E-state index in [0.717, 1.165) is 5.56 Å². The molecule has 2 aromatic carbocycles. The fraction of sp³-hybridized carbons (Fsp3) is 0.294. The third-order valence-electron chi connectivity index (χ3n) is 4.26. The summed E-state index contributed by atoms with van der Waals surface area (Å²) in [5, 5.41) is 0.